The zero-order valence-corrected chi connectivity index (χ0v) is 19.4. The number of methoxy groups -OCH3 is 3. The van der Waals surface area contributed by atoms with Crippen LogP contribution in [0, 0.1) is 0 Å². The van der Waals surface area contributed by atoms with Gasteiger partial charge in [0.05, 0.1) is 24.3 Å². The van der Waals surface area contributed by atoms with Gasteiger partial charge in [-0.3, -0.25) is 0 Å². The van der Waals surface area contributed by atoms with Crippen LogP contribution < -0.4 is 9.47 Å². The molecule has 0 aliphatic heterocycles. The van der Waals surface area contributed by atoms with Crippen LogP contribution in [0.4, 0.5) is 0 Å². The maximum absolute atomic E-state index is 6.14. The van der Waals surface area contributed by atoms with Gasteiger partial charge in [-0.15, -0.1) is 10.2 Å². The lowest BCUT2D eigenvalue weighted by atomic mass is 10.2. The highest BCUT2D eigenvalue weighted by Crippen LogP contribution is 2.34. The number of ether oxygens (including phenoxy) is 3. The Kier molecular flexibility index (Phi) is 8.27. The summed E-state index contributed by atoms with van der Waals surface area (Å²) in [5, 5.41) is 10.8. The highest BCUT2D eigenvalue weighted by atomic mass is 35.5. The van der Waals surface area contributed by atoms with Crippen LogP contribution in [0.15, 0.2) is 41.6 Å². The van der Waals surface area contributed by atoms with Crippen LogP contribution >= 0.6 is 35.0 Å². The quantitative estimate of drug-likeness (QED) is 0.285. The van der Waals surface area contributed by atoms with E-state index in [2.05, 4.69) is 14.8 Å². The lowest BCUT2D eigenvalue weighted by molar-refractivity contribution is 0.189. The minimum absolute atomic E-state index is 0.544. The van der Waals surface area contributed by atoms with Crippen LogP contribution in [0.3, 0.4) is 0 Å². The van der Waals surface area contributed by atoms with Crippen molar-refractivity contribution in [2.24, 2.45) is 0 Å². The van der Waals surface area contributed by atoms with Crippen molar-refractivity contribution in [3.05, 3.63) is 52.0 Å². The van der Waals surface area contributed by atoms with E-state index in [1.54, 1.807) is 39.2 Å². The second-order valence-electron chi connectivity index (χ2n) is 6.41. The van der Waals surface area contributed by atoms with Crippen molar-refractivity contribution >= 4 is 35.0 Å². The first kappa shape index (κ1) is 22.7. The van der Waals surface area contributed by atoms with Crippen molar-refractivity contribution in [2.45, 2.75) is 23.9 Å². The topological polar surface area (TPSA) is 58.4 Å². The van der Waals surface area contributed by atoms with Gasteiger partial charge in [0.1, 0.15) is 0 Å². The zero-order valence-electron chi connectivity index (χ0n) is 17.0. The molecule has 0 saturated heterocycles. The molecular weight excluding hydrogens is 445 g/mol. The van der Waals surface area contributed by atoms with E-state index in [9.17, 15) is 0 Å². The highest BCUT2D eigenvalue weighted by Gasteiger charge is 2.16. The van der Waals surface area contributed by atoms with E-state index in [1.165, 1.54) is 0 Å². The van der Waals surface area contributed by atoms with Gasteiger partial charge >= 0.3 is 0 Å². The summed E-state index contributed by atoms with van der Waals surface area (Å²) >= 11 is 13.8. The van der Waals surface area contributed by atoms with Crippen molar-refractivity contribution in [2.75, 3.05) is 27.9 Å². The Balaban J connectivity index is 1.88. The Morgan fingerprint density at radius 3 is 2.43 bits per heavy atom. The van der Waals surface area contributed by atoms with E-state index in [0.29, 0.717) is 33.9 Å². The van der Waals surface area contributed by atoms with Crippen LogP contribution in [0.25, 0.3) is 11.4 Å². The lowest BCUT2D eigenvalue weighted by Gasteiger charge is -2.12. The minimum Gasteiger partial charge on any atom is -0.493 e. The summed E-state index contributed by atoms with van der Waals surface area (Å²) in [6, 6.07) is 11.4. The normalized spacial score (nSPS) is 11.0. The molecule has 0 aliphatic carbocycles. The molecule has 0 bridgehead atoms. The summed E-state index contributed by atoms with van der Waals surface area (Å²) in [7, 11) is 4.92. The molecule has 0 aliphatic rings. The maximum Gasteiger partial charge on any atom is 0.191 e. The van der Waals surface area contributed by atoms with Crippen molar-refractivity contribution in [1.82, 2.24) is 14.8 Å². The van der Waals surface area contributed by atoms with Crippen LogP contribution in [0.1, 0.15) is 12.0 Å². The molecule has 0 fully saturated rings. The van der Waals surface area contributed by atoms with Gasteiger partial charge in [0.15, 0.2) is 22.5 Å². The van der Waals surface area contributed by atoms with E-state index in [-0.39, 0.29) is 0 Å². The summed E-state index contributed by atoms with van der Waals surface area (Å²) in [6.07, 6.45) is 0.842. The number of thioether (sulfide) groups is 1. The van der Waals surface area contributed by atoms with Gasteiger partial charge in [-0.2, -0.15) is 0 Å². The molecule has 2 aromatic carbocycles. The fourth-order valence-corrected chi connectivity index (χ4v) is 4.16. The molecule has 0 radical (unpaired) electrons. The predicted octanol–water partition coefficient (Wildman–Crippen LogP) is 5.60. The third kappa shape index (κ3) is 5.40. The van der Waals surface area contributed by atoms with Gasteiger partial charge in [0.25, 0.3) is 0 Å². The standard InChI is InChI=1S/C21H23Cl2N3O3S/c1-27-10-4-9-26-20(15-6-8-18(28-2)19(12-15)29-3)24-25-21(26)30-13-14-5-7-16(22)17(23)11-14/h5-8,11-12H,4,9-10,13H2,1-3H3. The van der Waals surface area contributed by atoms with Crippen LogP contribution in [0.2, 0.25) is 10.0 Å². The van der Waals surface area contributed by atoms with Gasteiger partial charge in [0, 0.05) is 31.6 Å². The van der Waals surface area contributed by atoms with E-state index in [0.717, 1.165) is 35.1 Å². The molecular formula is C21H23Cl2N3O3S. The molecule has 0 saturated carbocycles. The Morgan fingerprint density at radius 2 is 1.73 bits per heavy atom. The lowest BCUT2D eigenvalue weighted by Crippen LogP contribution is -2.05. The van der Waals surface area contributed by atoms with Crippen LogP contribution in [0.5, 0.6) is 11.5 Å². The monoisotopic (exact) mass is 467 g/mol. The predicted molar refractivity (Wildman–Crippen MR) is 121 cm³/mol. The Hall–Kier alpha value is -1.93. The zero-order chi connectivity index (χ0) is 21.5. The number of halogens is 2. The molecule has 1 aromatic heterocycles. The van der Waals surface area contributed by atoms with Gasteiger partial charge in [-0.05, 0) is 42.3 Å². The molecule has 30 heavy (non-hydrogen) atoms. The van der Waals surface area contributed by atoms with Gasteiger partial charge in [0.2, 0.25) is 0 Å². The summed E-state index contributed by atoms with van der Waals surface area (Å²) < 4.78 is 18.1. The second kappa shape index (κ2) is 10.9. The Labute approximate surface area is 190 Å². The molecule has 0 N–H and O–H groups in total. The number of rotatable bonds is 10. The smallest absolute Gasteiger partial charge is 0.191 e. The first-order chi connectivity index (χ1) is 14.6. The Morgan fingerprint density at radius 1 is 0.933 bits per heavy atom. The summed E-state index contributed by atoms with van der Waals surface area (Å²) in [5.74, 6) is 2.78. The molecule has 0 unspecified atom stereocenters. The molecule has 3 rings (SSSR count). The molecule has 0 amide bonds. The molecule has 1 heterocycles. The number of hydrogen-bond donors (Lipinski definition) is 0. The first-order valence-electron chi connectivity index (χ1n) is 9.28. The summed E-state index contributed by atoms with van der Waals surface area (Å²) in [5.41, 5.74) is 1.97. The molecule has 9 heteroatoms. The van der Waals surface area contributed by atoms with Crippen molar-refractivity contribution in [3.63, 3.8) is 0 Å². The number of nitrogens with zero attached hydrogens (tertiary/aromatic N) is 3. The third-order valence-corrected chi connectivity index (χ3v) is 6.22. The Bertz CT molecular complexity index is 998. The maximum atomic E-state index is 6.14. The first-order valence-corrected chi connectivity index (χ1v) is 11.0. The van der Waals surface area contributed by atoms with Crippen LogP contribution in [-0.4, -0.2) is 42.7 Å². The van der Waals surface area contributed by atoms with Gasteiger partial charge in [-0.1, -0.05) is 41.0 Å². The number of aromatic nitrogens is 3. The molecule has 0 spiro atoms. The van der Waals surface area contributed by atoms with E-state index >= 15 is 0 Å². The number of benzene rings is 2. The van der Waals surface area contributed by atoms with Gasteiger partial charge < -0.3 is 18.8 Å². The van der Waals surface area contributed by atoms with Gasteiger partial charge in [-0.25, -0.2) is 0 Å². The van der Waals surface area contributed by atoms with Crippen LogP contribution in [-0.2, 0) is 17.0 Å². The van der Waals surface area contributed by atoms with E-state index < -0.39 is 0 Å². The fraction of sp³-hybridized carbons (Fsp3) is 0.333. The SMILES string of the molecule is COCCCn1c(SCc2ccc(Cl)c(Cl)c2)nnc1-c1ccc(OC)c(OC)c1. The minimum atomic E-state index is 0.544. The molecule has 6 nitrogen and oxygen atoms in total. The fourth-order valence-electron chi connectivity index (χ4n) is 2.93. The third-order valence-electron chi connectivity index (χ3n) is 4.44. The van der Waals surface area contributed by atoms with Crippen molar-refractivity contribution in [3.8, 4) is 22.9 Å². The molecule has 0 atom stereocenters. The van der Waals surface area contributed by atoms with E-state index in [4.69, 9.17) is 37.4 Å². The van der Waals surface area contributed by atoms with Crippen molar-refractivity contribution < 1.29 is 14.2 Å². The average molecular weight is 468 g/mol. The summed E-state index contributed by atoms with van der Waals surface area (Å²) in [6.45, 7) is 1.38. The molecule has 160 valence electrons. The summed E-state index contributed by atoms with van der Waals surface area (Å²) in [4.78, 5) is 0. The van der Waals surface area contributed by atoms with E-state index in [1.807, 2.05) is 30.3 Å². The average Bonchev–Trinajstić information content (AvgIpc) is 3.17. The van der Waals surface area contributed by atoms with Crippen molar-refractivity contribution in [1.29, 1.82) is 0 Å². The molecule has 3 aromatic rings. The largest absolute Gasteiger partial charge is 0.493 e. The second-order valence-corrected chi connectivity index (χ2v) is 8.17. The highest BCUT2D eigenvalue weighted by molar-refractivity contribution is 7.98. The number of hydrogen-bond acceptors (Lipinski definition) is 6.